The number of aromatic nitrogens is 4. The molecule has 1 atom stereocenters. The predicted octanol–water partition coefficient (Wildman–Crippen LogP) is 2.20. The van der Waals surface area contributed by atoms with Crippen LogP contribution in [-0.2, 0) is 13.0 Å². The number of hydrogen-bond acceptors (Lipinski definition) is 7. The first-order chi connectivity index (χ1) is 17.7. The Bertz CT molecular complexity index is 1580. The Labute approximate surface area is 209 Å². The zero-order valence-corrected chi connectivity index (χ0v) is 19.7. The van der Waals surface area contributed by atoms with E-state index in [0.29, 0.717) is 24.0 Å². The lowest BCUT2D eigenvalue weighted by Gasteiger charge is -2.15. The molecule has 0 saturated carbocycles. The van der Waals surface area contributed by atoms with E-state index in [1.54, 1.807) is 31.2 Å². The average molecular weight is 503 g/mol. The number of carboxylic acids is 1. The normalized spacial score (nSPS) is 14.4. The molecule has 0 saturated heterocycles. The summed E-state index contributed by atoms with van der Waals surface area (Å²) >= 11 is 0. The van der Waals surface area contributed by atoms with Crippen molar-refractivity contribution in [3.8, 4) is 0 Å². The Morgan fingerprint density at radius 2 is 1.95 bits per heavy atom. The molecule has 0 fully saturated rings. The number of aromatic carboxylic acids is 1. The number of nitrogens with zero attached hydrogens (tertiary/aromatic N) is 4. The van der Waals surface area contributed by atoms with Crippen molar-refractivity contribution in [3.63, 3.8) is 0 Å². The summed E-state index contributed by atoms with van der Waals surface area (Å²) < 4.78 is 14.7. The van der Waals surface area contributed by atoms with Gasteiger partial charge in [-0.1, -0.05) is 18.2 Å². The van der Waals surface area contributed by atoms with Gasteiger partial charge in [-0.15, -0.1) is 5.10 Å². The van der Waals surface area contributed by atoms with E-state index < -0.39 is 17.8 Å². The first-order valence-electron chi connectivity index (χ1n) is 11.4. The number of benzene rings is 2. The summed E-state index contributed by atoms with van der Waals surface area (Å²) in [5.41, 5.74) is 8.68. The highest BCUT2D eigenvalue weighted by Crippen LogP contribution is 2.32. The standard InChI is InChI=1S/C25H22FN7O4/c1-12-8-13(2-6-17(12)26)11-28-21(34)19-10-20(33-25(30-19)31-24(27)32-33)22(35)29-18-7-4-14-9-15(23(36)37)3-5-16(14)18/h2-3,5-6,8-10,18H,4,7,11H2,1H3,(H2,27,32)(H,28,34)(H,29,35)(H,36,37)/t18-/m0/s1. The highest BCUT2D eigenvalue weighted by Gasteiger charge is 2.27. The molecule has 37 heavy (non-hydrogen) atoms. The lowest BCUT2D eigenvalue weighted by molar-refractivity contribution is 0.0696. The van der Waals surface area contributed by atoms with Crippen molar-refractivity contribution in [1.82, 2.24) is 30.2 Å². The van der Waals surface area contributed by atoms with Gasteiger partial charge in [0.25, 0.3) is 17.6 Å². The van der Waals surface area contributed by atoms with Gasteiger partial charge in [-0.2, -0.15) is 9.50 Å². The molecular weight excluding hydrogens is 481 g/mol. The maximum absolute atomic E-state index is 13.5. The van der Waals surface area contributed by atoms with Gasteiger partial charge in [-0.05, 0) is 60.2 Å². The summed E-state index contributed by atoms with van der Waals surface area (Å²) in [6.45, 7) is 1.75. The number of carbonyl (C=O) groups excluding carboxylic acids is 2. The molecule has 188 valence electrons. The van der Waals surface area contributed by atoms with Crippen molar-refractivity contribution in [3.05, 3.63) is 87.5 Å². The molecule has 0 bridgehead atoms. The number of nitrogens with one attached hydrogen (secondary N) is 2. The van der Waals surface area contributed by atoms with Gasteiger partial charge >= 0.3 is 5.97 Å². The van der Waals surface area contributed by atoms with E-state index in [9.17, 15) is 23.9 Å². The summed E-state index contributed by atoms with van der Waals surface area (Å²) in [4.78, 5) is 45.6. The molecule has 2 aromatic heterocycles. The quantitative estimate of drug-likeness (QED) is 0.311. The minimum absolute atomic E-state index is 0.00702. The van der Waals surface area contributed by atoms with E-state index >= 15 is 0 Å². The second-order valence-electron chi connectivity index (χ2n) is 8.76. The number of hydrogen-bond donors (Lipinski definition) is 4. The minimum Gasteiger partial charge on any atom is -0.478 e. The van der Waals surface area contributed by atoms with Gasteiger partial charge < -0.3 is 21.5 Å². The third-order valence-corrected chi connectivity index (χ3v) is 6.24. The second kappa shape index (κ2) is 9.30. The summed E-state index contributed by atoms with van der Waals surface area (Å²) in [7, 11) is 0. The highest BCUT2D eigenvalue weighted by atomic mass is 19.1. The van der Waals surface area contributed by atoms with Crippen LogP contribution in [0.25, 0.3) is 5.78 Å². The molecule has 4 aromatic rings. The van der Waals surface area contributed by atoms with Crippen LogP contribution in [0.1, 0.15) is 66.1 Å². The maximum atomic E-state index is 13.5. The van der Waals surface area contributed by atoms with E-state index in [-0.39, 0.29) is 47.1 Å². The van der Waals surface area contributed by atoms with E-state index in [0.717, 1.165) is 15.6 Å². The van der Waals surface area contributed by atoms with Crippen LogP contribution >= 0.6 is 0 Å². The van der Waals surface area contributed by atoms with Crippen molar-refractivity contribution in [2.24, 2.45) is 0 Å². The molecule has 1 aliphatic rings. The second-order valence-corrected chi connectivity index (χ2v) is 8.76. The summed E-state index contributed by atoms with van der Waals surface area (Å²) in [6, 6.07) is 10.3. The largest absolute Gasteiger partial charge is 0.478 e. The number of amides is 2. The molecule has 0 unspecified atom stereocenters. The number of carbonyl (C=O) groups is 3. The van der Waals surface area contributed by atoms with E-state index in [1.807, 2.05) is 0 Å². The smallest absolute Gasteiger partial charge is 0.335 e. The molecule has 12 heteroatoms. The molecule has 0 radical (unpaired) electrons. The fourth-order valence-electron chi connectivity index (χ4n) is 4.38. The average Bonchev–Trinajstić information content (AvgIpc) is 3.45. The van der Waals surface area contributed by atoms with Gasteiger partial charge in [-0.3, -0.25) is 9.59 Å². The van der Waals surface area contributed by atoms with Gasteiger partial charge in [0.05, 0.1) is 11.6 Å². The minimum atomic E-state index is -1.02. The van der Waals surface area contributed by atoms with Crippen molar-refractivity contribution in [2.75, 3.05) is 5.73 Å². The Kier molecular flexibility index (Phi) is 5.99. The van der Waals surface area contributed by atoms with E-state index in [2.05, 4.69) is 25.7 Å². The molecule has 0 aliphatic heterocycles. The Hall–Kier alpha value is -4.87. The number of rotatable bonds is 6. The predicted molar refractivity (Wildman–Crippen MR) is 129 cm³/mol. The van der Waals surface area contributed by atoms with Crippen molar-refractivity contribution in [1.29, 1.82) is 0 Å². The summed E-state index contributed by atoms with van der Waals surface area (Å²) in [5.74, 6) is -2.58. The third kappa shape index (κ3) is 4.68. The lowest BCUT2D eigenvalue weighted by atomic mass is 10.0. The first kappa shape index (κ1) is 23.9. The van der Waals surface area contributed by atoms with Gasteiger partial charge in [-0.25, -0.2) is 14.2 Å². The Morgan fingerprint density at radius 3 is 2.70 bits per heavy atom. The van der Waals surface area contributed by atoms with Gasteiger partial charge in [0.15, 0.2) is 0 Å². The number of aryl methyl sites for hydroxylation is 2. The molecule has 11 nitrogen and oxygen atoms in total. The Morgan fingerprint density at radius 1 is 1.14 bits per heavy atom. The third-order valence-electron chi connectivity index (χ3n) is 6.24. The number of nitrogens with two attached hydrogens (primary N) is 1. The lowest BCUT2D eigenvalue weighted by Crippen LogP contribution is -2.30. The van der Waals surface area contributed by atoms with Crippen LogP contribution in [0.4, 0.5) is 10.3 Å². The molecule has 2 aromatic carbocycles. The van der Waals surface area contributed by atoms with Crippen molar-refractivity contribution >= 4 is 29.5 Å². The van der Waals surface area contributed by atoms with Crippen molar-refractivity contribution in [2.45, 2.75) is 32.4 Å². The molecule has 2 amide bonds. The van der Waals surface area contributed by atoms with E-state index in [4.69, 9.17) is 5.73 Å². The zero-order chi connectivity index (χ0) is 26.3. The van der Waals surface area contributed by atoms with Crippen LogP contribution in [-0.4, -0.2) is 42.5 Å². The van der Waals surface area contributed by atoms with Gasteiger partial charge in [0.1, 0.15) is 17.2 Å². The number of nitrogen functional groups attached to an aromatic ring is 1. The molecule has 5 rings (SSSR count). The monoisotopic (exact) mass is 503 g/mol. The molecule has 1 aliphatic carbocycles. The molecule has 0 spiro atoms. The summed E-state index contributed by atoms with van der Waals surface area (Å²) in [5, 5.41) is 18.9. The zero-order valence-electron chi connectivity index (χ0n) is 19.7. The number of fused-ring (bicyclic) bond motifs is 2. The fraction of sp³-hybridized carbons (Fsp3) is 0.200. The first-order valence-corrected chi connectivity index (χ1v) is 11.4. The van der Waals surface area contributed by atoms with Crippen LogP contribution < -0.4 is 16.4 Å². The van der Waals surface area contributed by atoms with Crippen LogP contribution in [0.3, 0.4) is 0 Å². The van der Waals surface area contributed by atoms with Gasteiger partial charge in [0.2, 0.25) is 5.95 Å². The number of carboxylic acid groups (broad SMARTS) is 1. The fourth-order valence-corrected chi connectivity index (χ4v) is 4.38. The highest BCUT2D eigenvalue weighted by molar-refractivity contribution is 5.98. The number of anilines is 1. The Balaban J connectivity index is 1.39. The van der Waals surface area contributed by atoms with Crippen LogP contribution in [0.15, 0.2) is 42.5 Å². The van der Waals surface area contributed by atoms with Crippen LogP contribution in [0, 0.1) is 12.7 Å². The SMILES string of the molecule is Cc1cc(CNC(=O)c2cc(C(=O)N[C@H]3CCc4cc(C(=O)O)ccc43)n3nc(N)nc3n2)ccc1F. The molecular formula is C25H22FN7O4. The van der Waals surface area contributed by atoms with Crippen LogP contribution in [0.2, 0.25) is 0 Å². The molecule has 5 N–H and O–H groups in total. The van der Waals surface area contributed by atoms with Gasteiger partial charge in [0, 0.05) is 12.6 Å². The number of halogens is 1. The van der Waals surface area contributed by atoms with Crippen LogP contribution in [0.5, 0.6) is 0 Å². The van der Waals surface area contributed by atoms with E-state index in [1.165, 1.54) is 18.2 Å². The molecule has 2 heterocycles. The topological polar surface area (TPSA) is 165 Å². The maximum Gasteiger partial charge on any atom is 0.335 e. The summed E-state index contributed by atoms with van der Waals surface area (Å²) in [6.07, 6.45) is 1.20. The van der Waals surface area contributed by atoms with Crippen molar-refractivity contribution < 1.29 is 23.9 Å².